The third kappa shape index (κ3) is 10.1. The second kappa shape index (κ2) is 18.5. The molecule has 3 aliphatic rings. The maximum absolute atomic E-state index is 11.6. The molecule has 9 nitrogen and oxygen atoms in total. The van der Waals surface area contributed by atoms with Crippen molar-refractivity contribution in [1.29, 1.82) is 0 Å². The number of thiazole rings is 2. The number of rotatable bonds is 11. The van der Waals surface area contributed by atoms with Gasteiger partial charge in [0, 0.05) is 79.1 Å². The molecule has 52 heavy (non-hydrogen) atoms. The molecule has 2 amide bonds. The third-order valence-corrected chi connectivity index (χ3v) is 12.4. The molecule has 0 N–H and O–H groups in total. The molecule has 278 valence electrons. The van der Waals surface area contributed by atoms with Gasteiger partial charge in [0.15, 0.2) is 0 Å². The molecule has 1 atom stereocenters. The van der Waals surface area contributed by atoms with Gasteiger partial charge in [-0.15, -0.1) is 34.3 Å². The molecule has 7 rings (SSSR count). The van der Waals surface area contributed by atoms with Gasteiger partial charge in [-0.1, -0.05) is 6.42 Å². The molecular weight excluding hydrogens is 714 g/mol. The van der Waals surface area contributed by atoms with E-state index in [4.69, 9.17) is 31.0 Å². The lowest BCUT2D eigenvalue weighted by Crippen LogP contribution is -2.38. The van der Waals surface area contributed by atoms with Gasteiger partial charge in [-0.2, -0.15) is 0 Å². The van der Waals surface area contributed by atoms with Crippen molar-refractivity contribution in [2.45, 2.75) is 84.8 Å². The molecule has 0 spiro atoms. The molecule has 5 heterocycles. The van der Waals surface area contributed by atoms with Crippen LogP contribution in [0.5, 0.6) is 11.5 Å². The Morgan fingerprint density at radius 3 is 1.71 bits per heavy atom. The Labute approximate surface area is 320 Å². The fraction of sp³-hybridized carbons (Fsp3) is 0.500. The van der Waals surface area contributed by atoms with E-state index in [1.54, 1.807) is 36.5 Å². The lowest BCUT2D eigenvalue weighted by atomic mass is 10.0. The number of alkyl halides is 1. The van der Waals surface area contributed by atoms with E-state index in [2.05, 4.69) is 24.0 Å². The number of carbonyl (C=O) groups excluding carboxylic acids is 2. The zero-order valence-electron chi connectivity index (χ0n) is 30.6. The summed E-state index contributed by atoms with van der Waals surface area (Å²) in [5.74, 6) is 2.65. The van der Waals surface area contributed by atoms with Gasteiger partial charge in [0.25, 0.3) is 0 Å². The van der Waals surface area contributed by atoms with Gasteiger partial charge in [0.2, 0.25) is 11.8 Å². The Morgan fingerprint density at radius 2 is 1.25 bits per heavy atom. The van der Waals surface area contributed by atoms with Crippen LogP contribution in [-0.4, -0.2) is 87.8 Å². The quantitative estimate of drug-likeness (QED) is 0.113. The van der Waals surface area contributed by atoms with Gasteiger partial charge in [-0.25, -0.2) is 9.97 Å². The standard InChI is InChI=1S/C23H31N3O2S.C17H19ClN2O2S/c1-17-6-3-4-12-25(17)13-5-15-28-20-9-7-19(8-10-20)23-24-21-11-14-26(18(2)27)16-22(21)29-23;1-12(21)20-9-7-15-16(11-20)23-17(19-15)13-3-5-14(6-4-13)22-10-2-8-18/h7-10,17H,3-6,11-16H2,1-2H3;3-6H,2,7-11H2,1H3. The van der Waals surface area contributed by atoms with Crippen molar-refractivity contribution in [2.75, 3.05) is 45.3 Å². The van der Waals surface area contributed by atoms with E-state index < -0.39 is 0 Å². The number of likely N-dealkylation sites (tertiary alicyclic amines) is 1. The smallest absolute Gasteiger partial charge is 0.219 e. The molecular formula is C40H50ClN5O4S2. The topological polar surface area (TPSA) is 88.1 Å². The first-order chi connectivity index (χ1) is 25.3. The van der Waals surface area contributed by atoms with Gasteiger partial charge in [0.05, 0.1) is 37.7 Å². The summed E-state index contributed by atoms with van der Waals surface area (Å²) in [4.78, 5) is 41.5. The average molecular weight is 764 g/mol. The van der Waals surface area contributed by atoms with Crippen LogP contribution in [0.3, 0.4) is 0 Å². The second-order valence-corrected chi connectivity index (χ2v) is 16.2. The van der Waals surface area contributed by atoms with Crippen LogP contribution < -0.4 is 9.47 Å². The number of amides is 2. The highest BCUT2D eigenvalue weighted by Gasteiger charge is 2.24. The molecule has 1 saturated heterocycles. The minimum atomic E-state index is 0.129. The molecule has 0 aliphatic carbocycles. The fourth-order valence-electron chi connectivity index (χ4n) is 6.75. The Kier molecular flexibility index (Phi) is 13.6. The maximum atomic E-state index is 11.6. The number of hydrogen-bond donors (Lipinski definition) is 0. The van der Waals surface area contributed by atoms with Gasteiger partial charge in [-0.05, 0) is 87.7 Å². The second-order valence-electron chi connectivity index (χ2n) is 13.7. The zero-order chi connectivity index (χ0) is 36.5. The van der Waals surface area contributed by atoms with Crippen LogP contribution in [0, 0.1) is 0 Å². The third-order valence-electron chi connectivity index (χ3n) is 9.90. The lowest BCUT2D eigenvalue weighted by molar-refractivity contribution is -0.130. The summed E-state index contributed by atoms with van der Waals surface area (Å²) >= 11 is 9.02. The first-order valence-corrected chi connectivity index (χ1v) is 20.7. The first-order valence-electron chi connectivity index (χ1n) is 18.5. The van der Waals surface area contributed by atoms with Gasteiger partial charge >= 0.3 is 0 Å². The molecule has 2 aromatic carbocycles. The van der Waals surface area contributed by atoms with E-state index >= 15 is 0 Å². The SMILES string of the molecule is CC(=O)N1CCc2nc(-c3ccc(OCCCCl)cc3)sc2C1.CC(=O)N1CCc2nc(-c3ccc(OCCCN4CCCCC4C)cc3)sc2C1. The average Bonchev–Trinajstić information content (AvgIpc) is 3.79. The summed E-state index contributed by atoms with van der Waals surface area (Å²) < 4.78 is 11.6. The van der Waals surface area contributed by atoms with Crippen molar-refractivity contribution in [3.05, 3.63) is 69.7 Å². The monoisotopic (exact) mass is 763 g/mol. The maximum Gasteiger partial charge on any atom is 0.219 e. The number of piperidine rings is 1. The molecule has 0 saturated carbocycles. The van der Waals surface area contributed by atoms with Crippen molar-refractivity contribution in [2.24, 2.45) is 0 Å². The Morgan fingerprint density at radius 1 is 0.750 bits per heavy atom. The zero-order valence-corrected chi connectivity index (χ0v) is 33.0. The van der Waals surface area contributed by atoms with Gasteiger partial charge < -0.3 is 24.2 Å². The summed E-state index contributed by atoms with van der Waals surface area (Å²) in [6, 6.07) is 17.0. The van der Waals surface area contributed by atoms with Gasteiger partial charge in [0.1, 0.15) is 21.5 Å². The number of fused-ring (bicyclic) bond motifs is 2. The summed E-state index contributed by atoms with van der Waals surface area (Å²) in [5, 5.41) is 2.04. The van der Waals surface area contributed by atoms with E-state index in [0.29, 0.717) is 25.6 Å². The van der Waals surface area contributed by atoms with E-state index in [0.717, 1.165) is 102 Å². The molecule has 3 aliphatic heterocycles. The summed E-state index contributed by atoms with van der Waals surface area (Å²) in [5.41, 5.74) is 4.48. The molecule has 1 unspecified atom stereocenters. The molecule has 12 heteroatoms. The van der Waals surface area contributed by atoms with Crippen LogP contribution in [0.2, 0.25) is 0 Å². The first kappa shape index (κ1) is 38.2. The van der Waals surface area contributed by atoms with Crippen LogP contribution in [0.15, 0.2) is 48.5 Å². The summed E-state index contributed by atoms with van der Waals surface area (Å²) in [6.45, 7) is 12.3. The number of carbonyl (C=O) groups is 2. The highest BCUT2D eigenvalue weighted by Crippen LogP contribution is 2.34. The number of halogens is 1. The van der Waals surface area contributed by atoms with Crippen LogP contribution in [-0.2, 0) is 35.5 Å². The Bertz CT molecular complexity index is 1780. The van der Waals surface area contributed by atoms with Crippen LogP contribution in [0.4, 0.5) is 0 Å². The molecule has 1 fully saturated rings. The minimum absolute atomic E-state index is 0.129. The minimum Gasteiger partial charge on any atom is -0.494 e. The van der Waals surface area contributed by atoms with Crippen LogP contribution in [0.25, 0.3) is 21.1 Å². The molecule has 0 bridgehead atoms. The van der Waals surface area contributed by atoms with Crippen molar-refractivity contribution in [1.82, 2.24) is 24.7 Å². The van der Waals surface area contributed by atoms with Crippen molar-refractivity contribution >= 4 is 46.1 Å². The van der Waals surface area contributed by atoms with E-state index in [9.17, 15) is 9.59 Å². The summed E-state index contributed by atoms with van der Waals surface area (Å²) in [7, 11) is 0. The largest absolute Gasteiger partial charge is 0.494 e. The highest BCUT2D eigenvalue weighted by molar-refractivity contribution is 7.15. The van der Waals surface area contributed by atoms with E-state index in [1.807, 2.05) is 46.2 Å². The Hall–Kier alpha value is -3.51. The molecule has 0 radical (unpaired) electrons. The van der Waals surface area contributed by atoms with Crippen molar-refractivity contribution < 1.29 is 19.1 Å². The number of ether oxygens (including phenoxy) is 2. The normalized spacial score (nSPS) is 17.1. The predicted octanol–water partition coefficient (Wildman–Crippen LogP) is 8.08. The summed E-state index contributed by atoms with van der Waals surface area (Å²) in [6.07, 6.45) is 7.63. The highest BCUT2D eigenvalue weighted by atomic mass is 35.5. The number of hydrogen-bond acceptors (Lipinski definition) is 9. The van der Waals surface area contributed by atoms with Crippen molar-refractivity contribution in [3.63, 3.8) is 0 Å². The van der Waals surface area contributed by atoms with Crippen molar-refractivity contribution in [3.8, 4) is 32.6 Å². The predicted molar refractivity (Wildman–Crippen MR) is 211 cm³/mol. The van der Waals surface area contributed by atoms with E-state index in [1.165, 1.54) is 35.6 Å². The molecule has 2 aromatic heterocycles. The Balaban J connectivity index is 0.000000183. The number of aromatic nitrogens is 2. The number of benzene rings is 2. The number of nitrogens with zero attached hydrogens (tertiary/aromatic N) is 5. The van der Waals surface area contributed by atoms with Gasteiger partial charge in [-0.3, -0.25) is 9.59 Å². The van der Waals surface area contributed by atoms with Crippen LogP contribution in [0.1, 0.15) is 74.0 Å². The molecule has 4 aromatic rings. The van der Waals surface area contributed by atoms with Crippen LogP contribution >= 0.6 is 34.3 Å². The lowest BCUT2D eigenvalue weighted by Gasteiger charge is -2.33. The fourth-order valence-corrected chi connectivity index (χ4v) is 9.12. The van der Waals surface area contributed by atoms with E-state index in [-0.39, 0.29) is 11.8 Å².